The van der Waals surface area contributed by atoms with E-state index in [0.717, 1.165) is 10.9 Å². The minimum absolute atomic E-state index is 1.05. The molecule has 1 aromatic carbocycles. The highest BCUT2D eigenvalue weighted by molar-refractivity contribution is 14.2. The molecule has 2 rings (SSSR count). The molecule has 0 fully saturated rings. The number of rotatable bonds is 0. The van der Waals surface area contributed by atoms with Gasteiger partial charge < -0.3 is 0 Å². The van der Waals surface area contributed by atoms with Crippen molar-refractivity contribution in [3.05, 3.63) is 42.2 Å². The number of hydrogen-bond acceptors (Lipinski definition) is 2. The summed E-state index contributed by atoms with van der Waals surface area (Å²) in [4.78, 5) is 4.06. The lowest BCUT2D eigenvalue weighted by molar-refractivity contribution is 1.36. The Hall–Kier alpha value is -0.730. The zero-order valence-electron chi connectivity index (χ0n) is 7.20. The molecule has 0 aliphatic carbocycles. The molecule has 1 heterocycles. The Morgan fingerprint density at radius 1 is 1.21 bits per heavy atom. The molecule has 0 aliphatic rings. The van der Waals surface area contributed by atoms with Crippen LogP contribution in [0.5, 0.6) is 0 Å². The van der Waals surface area contributed by atoms with E-state index in [0.29, 0.717) is 0 Å². The molecule has 3 heteroatoms. The number of hydrogen-bond donors (Lipinski definition) is 0. The Morgan fingerprint density at radius 2 is 2.14 bits per heavy atom. The topological polar surface area (TPSA) is 12.9 Å². The van der Waals surface area contributed by atoms with Gasteiger partial charge in [0.15, 0.2) is 0 Å². The number of halogens is 1. The first-order chi connectivity index (χ1) is 6.90. The van der Waals surface area contributed by atoms with E-state index in [2.05, 4.69) is 43.4 Å². The summed E-state index contributed by atoms with van der Waals surface area (Å²) in [5, 5.41) is 5.31. The van der Waals surface area contributed by atoms with Gasteiger partial charge in [-0.05, 0) is 37.8 Å². The number of benzene rings is 1. The minimum Gasteiger partial charge on any atom is -0.264 e. The number of nitrogens with zero attached hydrogens (tertiary/aromatic N) is 1. The zero-order valence-corrected chi connectivity index (χ0v) is 10.2. The molecular weight excluding hydrogens is 305 g/mol. The largest absolute Gasteiger partial charge is 0.264 e. The van der Waals surface area contributed by atoms with Crippen molar-refractivity contribution in [3.63, 3.8) is 0 Å². The summed E-state index contributed by atoms with van der Waals surface area (Å²) in [6.45, 7) is 0. The number of aromatic nitrogens is 1. The van der Waals surface area contributed by atoms with Gasteiger partial charge in [-0.15, -0.1) is 0 Å². The van der Waals surface area contributed by atoms with Gasteiger partial charge in [0.1, 0.15) is 0 Å². The van der Waals surface area contributed by atoms with Gasteiger partial charge in [-0.1, -0.05) is 12.0 Å². The second kappa shape index (κ2) is 4.67. The van der Waals surface area contributed by atoms with Gasteiger partial charge in [-0.2, -0.15) is 0 Å². The fraction of sp³-hybridized carbons (Fsp3) is 0. The van der Waals surface area contributed by atoms with Crippen LogP contribution in [0.15, 0.2) is 36.7 Å². The maximum absolute atomic E-state index is 4.06. The van der Waals surface area contributed by atoms with Crippen molar-refractivity contribution < 1.29 is 0 Å². The highest BCUT2D eigenvalue weighted by Gasteiger charge is 1.92. The van der Waals surface area contributed by atoms with E-state index >= 15 is 0 Å². The summed E-state index contributed by atoms with van der Waals surface area (Å²) >= 11 is 2.17. The molecule has 0 radical (unpaired) electrons. The Bertz CT molecular complexity index is 513. The van der Waals surface area contributed by atoms with E-state index < -0.39 is 0 Å². The lowest BCUT2D eigenvalue weighted by Gasteiger charge is -1.96. The molecule has 0 saturated heterocycles. The Morgan fingerprint density at radius 3 is 3.00 bits per heavy atom. The van der Waals surface area contributed by atoms with Crippen molar-refractivity contribution in [2.75, 3.05) is 0 Å². The fourth-order valence-corrected chi connectivity index (χ4v) is 1.73. The van der Waals surface area contributed by atoms with Gasteiger partial charge in [0.25, 0.3) is 0 Å². The van der Waals surface area contributed by atoms with E-state index in [-0.39, 0.29) is 0 Å². The van der Waals surface area contributed by atoms with Gasteiger partial charge in [0, 0.05) is 44.5 Å². The summed E-state index contributed by atoms with van der Waals surface area (Å²) in [7, 11) is 1.50. The standard InChI is InChI=1S/C11H6INS/c12-14-6-4-9-1-2-11-8-13-5-3-10(11)7-9/h1-3,5,7-8H. The highest BCUT2D eigenvalue weighted by atomic mass is 127. The van der Waals surface area contributed by atoms with Gasteiger partial charge in [0.2, 0.25) is 0 Å². The SMILES string of the molecule is ISC#Cc1ccc2cnccc2c1. The molecule has 0 amide bonds. The summed E-state index contributed by atoms with van der Waals surface area (Å²) in [6.07, 6.45) is 3.66. The summed E-state index contributed by atoms with van der Waals surface area (Å²) in [5.41, 5.74) is 1.05. The summed E-state index contributed by atoms with van der Waals surface area (Å²) in [6, 6.07) is 8.14. The van der Waals surface area contributed by atoms with Gasteiger partial charge in [-0.25, -0.2) is 0 Å². The average molecular weight is 311 g/mol. The molecule has 0 saturated carbocycles. The first-order valence-corrected chi connectivity index (χ1v) is 7.38. The van der Waals surface area contributed by atoms with Crippen LogP contribution < -0.4 is 0 Å². The zero-order chi connectivity index (χ0) is 9.80. The van der Waals surface area contributed by atoms with Crippen molar-refractivity contribution in [2.24, 2.45) is 0 Å². The Balaban J connectivity index is 2.51. The number of fused-ring (bicyclic) bond motifs is 1. The van der Waals surface area contributed by atoms with Crippen LogP contribution >= 0.6 is 30.1 Å². The van der Waals surface area contributed by atoms with E-state index in [4.69, 9.17) is 0 Å². The lowest BCUT2D eigenvalue weighted by atomic mass is 10.1. The monoisotopic (exact) mass is 311 g/mol. The second-order valence-electron chi connectivity index (χ2n) is 2.74. The molecule has 0 spiro atoms. The van der Waals surface area contributed by atoms with E-state index in [1.807, 2.05) is 24.4 Å². The third-order valence-corrected chi connectivity index (χ3v) is 2.71. The first kappa shape index (κ1) is 9.81. The van der Waals surface area contributed by atoms with Gasteiger partial charge in [0.05, 0.1) is 0 Å². The van der Waals surface area contributed by atoms with Crippen LogP contribution in [0.4, 0.5) is 0 Å². The summed E-state index contributed by atoms with van der Waals surface area (Å²) in [5.74, 6) is 3.07. The average Bonchev–Trinajstić information content (AvgIpc) is 2.26. The Kier molecular flexibility index (Phi) is 3.27. The van der Waals surface area contributed by atoms with E-state index in [9.17, 15) is 0 Å². The van der Waals surface area contributed by atoms with E-state index in [1.54, 1.807) is 6.20 Å². The molecule has 2 aromatic rings. The fourth-order valence-electron chi connectivity index (χ4n) is 1.24. The maximum atomic E-state index is 4.06. The van der Waals surface area contributed by atoms with Gasteiger partial charge in [-0.3, -0.25) is 4.98 Å². The third kappa shape index (κ3) is 2.20. The van der Waals surface area contributed by atoms with Crippen LogP contribution in [0.25, 0.3) is 10.8 Å². The molecule has 0 unspecified atom stereocenters. The van der Waals surface area contributed by atoms with E-state index in [1.165, 1.54) is 14.3 Å². The van der Waals surface area contributed by atoms with Crippen LogP contribution in [-0.2, 0) is 0 Å². The molecule has 68 valence electrons. The third-order valence-electron chi connectivity index (χ3n) is 1.87. The highest BCUT2D eigenvalue weighted by Crippen LogP contribution is 2.14. The maximum Gasteiger partial charge on any atom is 0.0346 e. The molecule has 0 atom stereocenters. The van der Waals surface area contributed by atoms with Crippen molar-refractivity contribution in [1.29, 1.82) is 0 Å². The van der Waals surface area contributed by atoms with Crippen LogP contribution in [0.1, 0.15) is 5.56 Å². The second-order valence-corrected chi connectivity index (χ2v) is 4.42. The molecule has 0 bridgehead atoms. The van der Waals surface area contributed by atoms with Crippen LogP contribution in [0.2, 0.25) is 0 Å². The van der Waals surface area contributed by atoms with Crippen LogP contribution in [0, 0.1) is 11.2 Å². The first-order valence-electron chi connectivity index (χ1n) is 4.02. The van der Waals surface area contributed by atoms with Crippen molar-refractivity contribution in [2.45, 2.75) is 0 Å². The summed E-state index contributed by atoms with van der Waals surface area (Å²) < 4.78 is 0. The predicted octanol–water partition coefficient (Wildman–Crippen LogP) is 3.63. The quantitative estimate of drug-likeness (QED) is 0.544. The van der Waals surface area contributed by atoms with Crippen LogP contribution in [0.3, 0.4) is 0 Å². The lowest BCUT2D eigenvalue weighted by Crippen LogP contribution is -1.77. The molecule has 1 aromatic heterocycles. The molecule has 14 heavy (non-hydrogen) atoms. The Labute approximate surface area is 98.9 Å². The predicted molar refractivity (Wildman–Crippen MR) is 70.2 cm³/mol. The number of pyridine rings is 1. The molecule has 0 aliphatic heterocycles. The smallest absolute Gasteiger partial charge is 0.0346 e. The van der Waals surface area contributed by atoms with Crippen molar-refractivity contribution in [3.8, 4) is 11.2 Å². The normalized spacial score (nSPS) is 9.50. The van der Waals surface area contributed by atoms with Crippen molar-refractivity contribution in [1.82, 2.24) is 4.98 Å². The minimum atomic E-state index is 1.05. The van der Waals surface area contributed by atoms with Gasteiger partial charge >= 0.3 is 0 Å². The van der Waals surface area contributed by atoms with Crippen LogP contribution in [-0.4, -0.2) is 4.98 Å². The molecule has 1 nitrogen and oxygen atoms in total. The van der Waals surface area contributed by atoms with Crippen molar-refractivity contribution >= 4 is 40.9 Å². The molecular formula is C11H6INS. The molecule has 0 N–H and O–H groups in total.